The summed E-state index contributed by atoms with van der Waals surface area (Å²) in [6.07, 6.45) is -6.17. The lowest BCUT2D eigenvalue weighted by Gasteiger charge is -2.44. The molecule has 1 unspecified atom stereocenters. The van der Waals surface area contributed by atoms with Crippen LogP contribution in [-0.2, 0) is 33.3 Å². The molecule has 22 heavy (non-hydrogen) atoms. The molecule has 0 aliphatic carbocycles. The maximum absolute atomic E-state index is 14.6. The number of halogens is 2. The highest BCUT2D eigenvalue weighted by molar-refractivity contribution is 14.1. The lowest BCUT2D eigenvalue weighted by Crippen LogP contribution is -2.64. The van der Waals surface area contributed by atoms with Gasteiger partial charge < -0.3 is 24.1 Å². The summed E-state index contributed by atoms with van der Waals surface area (Å²) < 4.78 is 31.6. The van der Waals surface area contributed by atoms with Crippen molar-refractivity contribution in [1.29, 1.82) is 0 Å². The third-order valence-corrected chi connectivity index (χ3v) is 3.87. The third-order valence-electron chi connectivity index (χ3n) is 2.72. The summed E-state index contributed by atoms with van der Waals surface area (Å²) >= 11 is 1.21. The molecular weight excluding hydrogens is 418 g/mol. The molecule has 1 aliphatic rings. The molecule has 10 heteroatoms. The van der Waals surface area contributed by atoms with Crippen LogP contribution in [0.15, 0.2) is 0 Å². The van der Waals surface area contributed by atoms with Crippen molar-refractivity contribution in [2.24, 2.45) is 0 Å². The van der Waals surface area contributed by atoms with Crippen molar-refractivity contribution in [2.45, 2.75) is 49.0 Å². The zero-order chi connectivity index (χ0) is 17.1. The number of aliphatic hydroxyl groups excluding tert-OH is 1. The number of carbonyl (C=O) groups is 3. The van der Waals surface area contributed by atoms with Crippen LogP contribution in [0, 0.1) is 0 Å². The zero-order valence-corrected chi connectivity index (χ0v) is 14.2. The Bertz CT molecular complexity index is 454. The standard InChI is InChI=1S/C12H16FIO8/c1-5(15)19-4-8-9(20-6(2)16)10(21-7(3)17)12(13,14)11(18)22-8/h8-11,18H,4H2,1-3H3/t8-,9+,10+,11?,12-/m1/s1. The molecule has 1 heterocycles. The molecule has 8 nitrogen and oxygen atoms in total. The first kappa shape index (κ1) is 19.0. The molecule has 0 aromatic heterocycles. The maximum Gasteiger partial charge on any atom is 0.303 e. The molecule has 1 saturated heterocycles. The number of hydrogen-bond acceptors (Lipinski definition) is 8. The van der Waals surface area contributed by atoms with E-state index in [1.54, 1.807) is 0 Å². The minimum atomic E-state index is -2.55. The van der Waals surface area contributed by atoms with Crippen LogP contribution in [-0.4, -0.2) is 57.9 Å². The first-order chi connectivity index (χ1) is 10.1. The van der Waals surface area contributed by atoms with E-state index in [1.807, 2.05) is 0 Å². The Morgan fingerprint density at radius 2 is 1.73 bits per heavy atom. The van der Waals surface area contributed by atoms with Crippen LogP contribution in [0.25, 0.3) is 0 Å². The van der Waals surface area contributed by atoms with Gasteiger partial charge in [-0.15, -0.1) is 0 Å². The second kappa shape index (κ2) is 7.51. The summed E-state index contributed by atoms with van der Waals surface area (Å²) in [5, 5.41) is 9.73. The monoisotopic (exact) mass is 434 g/mol. The van der Waals surface area contributed by atoms with E-state index < -0.39 is 52.8 Å². The molecule has 0 spiro atoms. The van der Waals surface area contributed by atoms with Gasteiger partial charge in [0.2, 0.25) is 6.29 Å². The van der Waals surface area contributed by atoms with Crippen LogP contribution in [0.3, 0.4) is 0 Å². The highest BCUT2D eigenvalue weighted by Gasteiger charge is 2.59. The molecule has 1 aliphatic heterocycles. The van der Waals surface area contributed by atoms with Gasteiger partial charge in [0, 0.05) is 20.8 Å². The van der Waals surface area contributed by atoms with Gasteiger partial charge in [-0.25, -0.2) is 4.39 Å². The summed E-state index contributed by atoms with van der Waals surface area (Å²) in [6, 6.07) is 0. The summed E-state index contributed by atoms with van der Waals surface area (Å²) in [6.45, 7) is 2.85. The number of carbonyl (C=O) groups excluding carboxylic acids is 3. The molecule has 5 atom stereocenters. The Kier molecular flexibility index (Phi) is 6.50. The molecular formula is C12H16FIO8. The van der Waals surface area contributed by atoms with E-state index in [9.17, 15) is 23.9 Å². The number of aliphatic hydroxyl groups is 1. The molecule has 126 valence electrons. The topological polar surface area (TPSA) is 108 Å². The molecule has 0 aromatic carbocycles. The highest BCUT2D eigenvalue weighted by atomic mass is 127. The predicted octanol–water partition coefficient (Wildman–Crippen LogP) is 0.231. The molecule has 1 fully saturated rings. The van der Waals surface area contributed by atoms with Gasteiger partial charge in [-0.3, -0.25) is 14.4 Å². The highest BCUT2D eigenvalue weighted by Crippen LogP contribution is 2.41. The van der Waals surface area contributed by atoms with Gasteiger partial charge in [-0.1, -0.05) is 0 Å². The third kappa shape index (κ3) is 4.74. The second-order valence-electron chi connectivity index (χ2n) is 4.61. The molecule has 0 amide bonds. The van der Waals surface area contributed by atoms with Crippen LogP contribution >= 0.6 is 22.6 Å². The zero-order valence-electron chi connectivity index (χ0n) is 12.1. The number of rotatable bonds is 4. The van der Waals surface area contributed by atoms with E-state index in [-0.39, 0.29) is 0 Å². The van der Waals surface area contributed by atoms with E-state index in [2.05, 4.69) is 0 Å². The Labute approximate surface area is 139 Å². The van der Waals surface area contributed by atoms with Crippen LogP contribution in [0.2, 0.25) is 0 Å². The normalized spacial score (nSPS) is 34.6. The lowest BCUT2D eigenvalue weighted by atomic mass is 9.99. The van der Waals surface area contributed by atoms with E-state index in [0.29, 0.717) is 0 Å². The second-order valence-corrected chi connectivity index (χ2v) is 6.26. The van der Waals surface area contributed by atoms with Crippen molar-refractivity contribution in [1.82, 2.24) is 0 Å². The van der Waals surface area contributed by atoms with Crippen LogP contribution < -0.4 is 0 Å². The number of hydrogen-bond donors (Lipinski definition) is 1. The maximum atomic E-state index is 14.6. The molecule has 0 saturated carbocycles. The minimum absolute atomic E-state index is 0.408. The number of esters is 3. The SMILES string of the molecule is CC(=O)OC[C@H]1OC(O)[C@](F)(I)[C@@H](OC(C)=O)[C@H]1OC(C)=O. The fraction of sp³-hybridized carbons (Fsp3) is 0.750. The van der Waals surface area contributed by atoms with Gasteiger partial charge in [0.1, 0.15) is 12.7 Å². The molecule has 1 N–H and O–H groups in total. The minimum Gasteiger partial charge on any atom is -0.463 e. The van der Waals surface area contributed by atoms with Crippen molar-refractivity contribution in [3.05, 3.63) is 0 Å². The summed E-state index contributed by atoms with van der Waals surface area (Å²) in [4.78, 5) is 33.3. The van der Waals surface area contributed by atoms with Crippen molar-refractivity contribution in [3.8, 4) is 0 Å². The largest absolute Gasteiger partial charge is 0.463 e. The first-order valence-electron chi connectivity index (χ1n) is 6.24. The quantitative estimate of drug-likeness (QED) is 0.290. The number of ether oxygens (including phenoxy) is 4. The lowest BCUT2D eigenvalue weighted by molar-refractivity contribution is -0.284. The van der Waals surface area contributed by atoms with Gasteiger partial charge in [0.15, 0.2) is 12.2 Å². The van der Waals surface area contributed by atoms with E-state index in [0.717, 1.165) is 20.8 Å². The predicted molar refractivity (Wildman–Crippen MR) is 76.5 cm³/mol. The average molecular weight is 434 g/mol. The van der Waals surface area contributed by atoms with E-state index >= 15 is 0 Å². The van der Waals surface area contributed by atoms with Crippen molar-refractivity contribution < 1.29 is 42.8 Å². The molecule has 0 aromatic rings. The number of alkyl halides is 2. The fourth-order valence-electron chi connectivity index (χ4n) is 1.88. The van der Waals surface area contributed by atoms with E-state index in [1.165, 1.54) is 22.6 Å². The Morgan fingerprint density at radius 3 is 2.18 bits per heavy atom. The Morgan fingerprint density at radius 1 is 1.18 bits per heavy atom. The van der Waals surface area contributed by atoms with Gasteiger partial charge in [-0.2, -0.15) is 0 Å². The molecule has 0 bridgehead atoms. The smallest absolute Gasteiger partial charge is 0.303 e. The van der Waals surface area contributed by atoms with Gasteiger partial charge in [0.05, 0.1) is 0 Å². The van der Waals surface area contributed by atoms with Crippen molar-refractivity contribution >= 4 is 40.5 Å². The van der Waals surface area contributed by atoms with Crippen LogP contribution in [0.5, 0.6) is 0 Å². The van der Waals surface area contributed by atoms with Gasteiger partial charge in [-0.05, 0) is 22.6 Å². The first-order valence-corrected chi connectivity index (χ1v) is 7.32. The Balaban J connectivity index is 3.07. The summed E-state index contributed by atoms with van der Waals surface area (Å²) in [5.41, 5.74) is 0. The van der Waals surface area contributed by atoms with Crippen LogP contribution in [0.4, 0.5) is 4.39 Å². The van der Waals surface area contributed by atoms with Crippen molar-refractivity contribution in [2.75, 3.05) is 6.61 Å². The van der Waals surface area contributed by atoms with Gasteiger partial charge >= 0.3 is 17.9 Å². The summed E-state index contributed by atoms with van der Waals surface area (Å²) in [7, 11) is 0. The molecule has 1 rings (SSSR count). The van der Waals surface area contributed by atoms with E-state index in [4.69, 9.17) is 18.9 Å². The fourth-order valence-corrected chi connectivity index (χ4v) is 2.50. The molecule has 0 radical (unpaired) electrons. The Hall–Kier alpha value is -1.01. The van der Waals surface area contributed by atoms with Crippen molar-refractivity contribution in [3.63, 3.8) is 0 Å². The van der Waals surface area contributed by atoms with Gasteiger partial charge in [0.25, 0.3) is 3.68 Å². The summed E-state index contributed by atoms with van der Waals surface area (Å²) in [5.74, 6) is -2.25. The average Bonchev–Trinajstić information content (AvgIpc) is 2.36. The van der Waals surface area contributed by atoms with Crippen LogP contribution in [0.1, 0.15) is 20.8 Å².